The highest BCUT2D eigenvalue weighted by Crippen LogP contribution is 2.20. The summed E-state index contributed by atoms with van der Waals surface area (Å²) in [6.45, 7) is 6.26. The minimum Gasteiger partial charge on any atom is -0.484 e. The van der Waals surface area contributed by atoms with Crippen LogP contribution in [0.3, 0.4) is 0 Å². The number of ether oxygens (including phenoxy) is 1. The third-order valence-electron chi connectivity index (χ3n) is 3.67. The summed E-state index contributed by atoms with van der Waals surface area (Å²) in [5.74, 6) is 0.661. The van der Waals surface area contributed by atoms with Crippen LogP contribution in [0.4, 0.5) is 11.4 Å². The summed E-state index contributed by atoms with van der Waals surface area (Å²) in [4.78, 5) is 9.10. The second kappa shape index (κ2) is 8.28. The first kappa shape index (κ1) is 16.9. The molecule has 3 heteroatoms. The van der Waals surface area contributed by atoms with E-state index in [2.05, 4.69) is 61.1 Å². The summed E-state index contributed by atoms with van der Waals surface area (Å²) in [7, 11) is 1.65. The normalized spacial score (nSPS) is 11.9. The lowest BCUT2D eigenvalue weighted by Crippen LogP contribution is -2.01. The van der Waals surface area contributed by atoms with Crippen LogP contribution in [-0.4, -0.2) is 19.2 Å². The molecule has 2 rings (SSSR count). The van der Waals surface area contributed by atoms with Crippen molar-refractivity contribution < 1.29 is 4.74 Å². The van der Waals surface area contributed by atoms with Crippen LogP contribution in [0.2, 0.25) is 0 Å². The van der Waals surface area contributed by atoms with Gasteiger partial charge in [0.1, 0.15) is 0 Å². The molecule has 3 nitrogen and oxygen atoms in total. The van der Waals surface area contributed by atoms with Gasteiger partial charge in [-0.1, -0.05) is 31.2 Å². The van der Waals surface area contributed by atoms with Crippen molar-refractivity contribution in [2.24, 2.45) is 9.98 Å². The maximum absolute atomic E-state index is 5.39. The number of nitrogens with zero attached hydrogens (tertiary/aromatic N) is 2. The summed E-state index contributed by atoms with van der Waals surface area (Å²) in [6.07, 6.45) is 3.43. The predicted octanol–water partition coefficient (Wildman–Crippen LogP) is 5.33. The van der Waals surface area contributed by atoms with Gasteiger partial charge in [-0.2, -0.15) is 0 Å². The first-order chi connectivity index (χ1) is 11.1. The number of hydrogen-bond acceptors (Lipinski definition) is 3. The van der Waals surface area contributed by atoms with Gasteiger partial charge < -0.3 is 4.74 Å². The first-order valence-electron chi connectivity index (χ1n) is 7.92. The van der Waals surface area contributed by atoms with Crippen LogP contribution in [0.5, 0.6) is 0 Å². The molecule has 0 atom stereocenters. The molecule has 0 aromatic heterocycles. The largest absolute Gasteiger partial charge is 0.484 e. The van der Waals surface area contributed by atoms with E-state index < -0.39 is 0 Å². The average molecular weight is 308 g/mol. The van der Waals surface area contributed by atoms with E-state index >= 15 is 0 Å². The molecule has 0 fully saturated rings. The molecule has 0 aliphatic rings. The Morgan fingerprint density at radius 2 is 1.96 bits per heavy atom. The Hall–Kier alpha value is -2.42. The summed E-state index contributed by atoms with van der Waals surface area (Å²) in [6, 6.07) is 14.5. The van der Waals surface area contributed by atoms with Crippen molar-refractivity contribution in [3.8, 4) is 0 Å². The molecule has 0 bridgehead atoms. The molecule has 2 aromatic carbocycles. The predicted molar refractivity (Wildman–Crippen MR) is 98.6 cm³/mol. The van der Waals surface area contributed by atoms with E-state index in [9.17, 15) is 0 Å². The zero-order chi connectivity index (χ0) is 16.7. The van der Waals surface area contributed by atoms with Gasteiger partial charge in [0.15, 0.2) is 5.90 Å². The lowest BCUT2D eigenvalue weighted by atomic mass is 10.1. The Balaban J connectivity index is 2.11. The van der Waals surface area contributed by atoms with Gasteiger partial charge in [-0.3, -0.25) is 4.99 Å². The molecule has 0 unspecified atom stereocenters. The highest BCUT2D eigenvalue weighted by atomic mass is 16.5. The molecule has 0 saturated carbocycles. The van der Waals surface area contributed by atoms with Crippen molar-refractivity contribution >= 4 is 23.5 Å². The number of rotatable bonds is 5. The highest BCUT2D eigenvalue weighted by Gasteiger charge is 2.01. The summed E-state index contributed by atoms with van der Waals surface area (Å²) in [5, 5.41) is 0. The number of methoxy groups -OCH3 is 1. The van der Waals surface area contributed by atoms with Gasteiger partial charge in [-0.05, 0) is 55.2 Å². The lowest BCUT2D eigenvalue weighted by molar-refractivity contribution is 0.397. The summed E-state index contributed by atoms with van der Waals surface area (Å²) >= 11 is 0. The van der Waals surface area contributed by atoms with Crippen LogP contribution in [0.15, 0.2) is 52.4 Å². The maximum Gasteiger partial charge on any atom is 0.193 e. The van der Waals surface area contributed by atoms with Crippen LogP contribution in [-0.2, 0) is 11.2 Å². The van der Waals surface area contributed by atoms with E-state index in [1.165, 1.54) is 11.1 Å². The van der Waals surface area contributed by atoms with Crippen molar-refractivity contribution in [3.05, 3.63) is 59.2 Å². The van der Waals surface area contributed by atoms with E-state index in [0.29, 0.717) is 12.3 Å². The molecule has 0 N–H and O–H groups in total. The van der Waals surface area contributed by atoms with Crippen molar-refractivity contribution in [3.63, 3.8) is 0 Å². The quantitative estimate of drug-likeness (QED) is 0.542. The molecule has 0 heterocycles. The Bertz CT molecular complexity index is 717. The fourth-order valence-corrected chi connectivity index (χ4v) is 2.23. The van der Waals surface area contributed by atoms with Gasteiger partial charge in [0.2, 0.25) is 0 Å². The number of aliphatic imine (C=N–C) groups is 2. The minimum atomic E-state index is 0.570. The van der Waals surface area contributed by atoms with Crippen LogP contribution < -0.4 is 0 Å². The Morgan fingerprint density at radius 3 is 2.70 bits per heavy atom. The summed E-state index contributed by atoms with van der Waals surface area (Å²) < 4.78 is 5.39. The second-order valence-electron chi connectivity index (χ2n) is 5.54. The molecular formula is C20H24N2O. The van der Waals surface area contributed by atoms with Gasteiger partial charge in [0, 0.05) is 6.21 Å². The maximum atomic E-state index is 5.39. The van der Waals surface area contributed by atoms with Crippen LogP contribution >= 0.6 is 0 Å². The first-order valence-corrected chi connectivity index (χ1v) is 7.92. The molecule has 0 amide bonds. The molecule has 0 aliphatic heterocycles. The van der Waals surface area contributed by atoms with Gasteiger partial charge in [-0.15, -0.1) is 0 Å². The van der Waals surface area contributed by atoms with Crippen LogP contribution in [0.1, 0.15) is 30.0 Å². The minimum absolute atomic E-state index is 0.570. The van der Waals surface area contributed by atoms with Crippen molar-refractivity contribution in [1.29, 1.82) is 0 Å². The Labute approximate surface area is 138 Å². The zero-order valence-corrected chi connectivity index (χ0v) is 14.3. The van der Waals surface area contributed by atoms with Gasteiger partial charge >= 0.3 is 0 Å². The standard InChI is InChI=1S/C20H24N2O/c1-5-17-7-6-8-18(14-17)21-12-11-20(23-4)22-19-13-15(2)9-10-16(19)3/h6-10,12-14H,5,11H2,1-4H3. The van der Waals surface area contributed by atoms with E-state index in [1.807, 2.05) is 18.3 Å². The smallest absolute Gasteiger partial charge is 0.193 e. The van der Waals surface area contributed by atoms with E-state index in [1.54, 1.807) is 7.11 Å². The van der Waals surface area contributed by atoms with Gasteiger partial charge in [0.25, 0.3) is 0 Å². The topological polar surface area (TPSA) is 34.0 Å². The third-order valence-corrected chi connectivity index (χ3v) is 3.67. The van der Waals surface area contributed by atoms with E-state index in [0.717, 1.165) is 23.4 Å². The van der Waals surface area contributed by atoms with Crippen LogP contribution in [0.25, 0.3) is 0 Å². The third kappa shape index (κ3) is 5.06. The Morgan fingerprint density at radius 1 is 1.13 bits per heavy atom. The molecule has 0 aliphatic carbocycles. The van der Waals surface area contributed by atoms with E-state index in [4.69, 9.17) is 4.74 Å². The Kier molecular flexibility index (Phi) is 6.10. The molecule has 2 aromatic rings. The lowest BCUT2D eigenvalue weighted by Gasteiger charge is -2.05. The highest BCUT2D eigenvalue weighted by molar-refractivity contribution is 5.92. The van der Waals surface area contributed by atoms with Crippen molar-refractivity contribution in [2.45, 2.75) is 33.6 Å². The monoisotopic (exact) mass is 308 g/mol. The second-order valence-corrected chi connectivity index (χ2v) is 5.54. The SMILES string of the molecule is CCc1cccc(N=CCC(=Nc2cc(C)ccc2C)OC)c1. The van der Waals surface area contributed by atoms with Crippen molar-refractivity contribution in [1.82, 2.24) is 0 Å². The molecule has 0 saturated heterocycles. The van der Waals surface area contributed by atoms with Crippen molar-refractivity contribution in [2.75, 3.05) is 7.11 Å². The molecular weight excluding hydrogens is 284 g/mol. The molecule has 0 radical (unpaired) electrons. The zero-order valence-electron chi connectivity index (χ0n) is 14.3. The van der Waals surface area contributed by atoms with E-state index in [-0.39, 0.29) is 0 Å². The van der Waals surface area contributed by atoms with Gasteiger partial charge in [-0.25, -0.2) is 4.99 Å². The molecule has 0 spiro atoms. The number of aryl methyl sites for hydroxylation is 3. The van der Waals surface area contributed by atoms with Gasteiger partial charge in [0.05, 0.1) is 24.9 Å². The fourth-order valence-electron chi connectivity index (χ4n) is 2.23. The molecule has 120 valence electrons. The summed E-state index contributed by atoms with van der Waals surface area (Å²) in [5.41, 5.74) is 5.53. The van der Waals surface area contributed by atoms with Crippen LogP contribution in [0, 0.1) is 13.8 Å². The number of hydrogen-bond donors (Lipinski definition) is 0. The molecule has 23 heavy (non-hydrogen) atoms. The average Bonchev–Trinajstić information content (AvgIpc) is 2.57. The fraction of sp³-hybridized carbons (Fsp3) is 0.300. The number of benzene rings is 2.